The number of benzene rings is 1. The van der Waals surface area contributed by atoms with E-state index in [-0.39, 0.29) is 5.82 Å². The number of aryl methyl sites for hydroxylation is 6. The molecule has 0 unspecified atom stereocenters. The second kappa shape index (κ2) is 30.5. The Morgan fingerprint density at radius 2 is 1.28 bits per heavy atom. The number of imidazole rings is 1. The largest absolute Gasteiger partial charge is 0.332 e. The standard InChI is InChI=1S/C18H21ClFN5.C13H19N5O.C12H18ClN5O.C8H19N3.2C2H6/c1-11(2)24-8-5-9-25-14(10-24)15(19)17(22-25)18-21-16-12(20)6-4-7-13(16)23(18)3;1-9(2)17-5-4-6-18-11(8-17)7-12(15-18)13-14-10(3)16-19-13;1-5-17(4)7-9-10(13)11(15-18(9)6-2)12-14-8(3)16-19-12;1-8(2)10-4-3-5-11(9)7-6-10;2*1-2/h4,6-7,11H,5,8-10H2,1-3H3;7,9H,4-6,8H2,1-3H3;5-7H2,1-4H3;8H,3-7,9H2,1-2H3;2*1-2H3. The van der Waals surface area contributed by atoms with Crippen LogP contribution in [0.25, 0.3) is 45.7 Å². The van der Waals surface area contributed by atoms with Crippen LogP contribution in [0.2, 0.25) is 10.0 Å². The van der Waals surface area contributed by atoms with Gasteiger partial charge in [0, 0.05) is 97.2 Å². The first-order valence-corrected chi connectivity index (χ1v) is 28.8. The van der Waals surface area contributed by atoms with E-state index < -0.39 is 0 Å². The van der Waals surface area contributed by atoms with Gasteiger partial charge in [-0.1, -0.05) is 74.2 Å². The van der Waals surface area contributed by atoms with E-state index in [1.165, 1.54) is 24.7 Å². The minimum atomic E-state index is -0.331. The minimum Gasteiger partial charge on any atom is -0.332 e. The van der Waals surface area contributed by atoms with E-state index >= 15 is 0 Å². The van der Waals surface area contributed by atoms with Gasteiger partial charge >= 0.3 is 0 Å². The zero-order valence-corrected chi connectivity index (χ0v) is 51.0. The van der Waals surface area contributed by atoms with Crippen molar-refractivity contribution >= 4 is 34.2 Å². The molecule has 20 nitrogen and oxygen atoms in total. The Morgan fingerprint density at radius 3 is 1.86 bits per heavy atom. The fraction of sp³-hybridized carbons (Fsp3) is 0.636. The molecular formula is C55H89Cl2FN18O2. The molecule has 0 saturated carbocycles. The van der Waals surface area contributed by atoms with E-state index in [2.05, 4.69) is 114 Å². The monoisotopic (exact) mass is 1120 g/mol. The van der Waals surface area contributed by atoms with Crippen molar-refractivity contribution in [1.29, 1.82) is 0 Å². The summed E-state index contributed by atoms with van der Waals surface area (Å²) in [6.45, 7) is 41.5. The third-order valence-corrected chi connectivity index (χ3v) is 14.6. The van der Waals surface area contributed by atoms with Crippen molar-refractivity contribution < 1.29 is 13.4 Å². The van der Waals surface area contributed by atoms with Crippen LogP contribution in [-0.4, -0.2) is 155 Å². The molecule has 3 aliphatic heterocycles. The maximum absolute atomic E-state index is 14.1. The molecule has 3 aliphatic rings. The van der Waals surface area contributed by atoms with Crippen LogP contribution in [0.4, 0.5) is 4.39 Å². The fourth-order valence-corrected chi connectivity index (χ4v) is 9.73. The Hall–Kier alpha value is -5.13. The molecule has 0 aliphatic carbocycles. The van der Waals surface area contributed by atoms with Crippen molar-refractivity contribution in [2.75, 3.05) is 52.9 Å². The quantitative estimate of drug-likeness (QED) is 0.127. The molecule has 0 atom stereocenters. The average Bonchev–Trinajstić information content (AvgIpc) is 4.27. The lowest BCUT2D eigenvalue weighted by Gasteiger charge is -2.23. The third-order valence-electron chi connectivity index (χ3n) is 13.8. The predicted octanol–water partition coefficient (Wildman–Crippen LogP) is 10.4. The van der Waals surface area contributed by atoms with Gasteiger partial charge < -0.3 is 18.5 Å². The van der Waals surface area contributed by atoms with Crippen molar-refractivity contribution in [2.24, 2.45) is 12.9 Å². The number of nitrogens with two attached hydrogens (primary N) is 1. The summed E-state index contributed by atoms with van der Waals surface area (Å²) in [7, 11) is 3.91. The molecule has 1 saturated heterocycles. The molecule has 0 radical (unpaired) electrons. The first-order chi connectivity index (χ1) is 37.4. The molecular weight excluding hydrogens is 1030 g/mol. The second-order valence-electron chi connectivity index (χ2n) is 20.1. The summed E-state index contributed by atoms with van der Waals surface area (Å²) in [5.74, 6) is 8.06. The van der Waals surface area contributed by atoms with Crippen molar-refractivity contribution in [3.05, 3.63) is 68.9 Å². The van der Waals surface area contributed by atoms with Gasteiger partial charge in [-0.15, -0.1) is 0 Å². The third kappa shape index (κ3) is 16.3. The maximum atomic E-state index is 14.1. The topological polar surface area (TPSA) is 191 Å². The average molecular weight is 1120 g/mol. The Bertz CT molecular complexity index is 2900. The summed E-state index contributed by atoms with van der Waals surface area (Å²) >= 11 is 13.1. The van der Waals surface area contributed by atoms with Gasteiger partial charge in [-0.2, -0.15) is 25.3 Å². The van der Waals surface area contributed by atoms with Gasteiger partial charge in [-0.05, 0) is 120 Å². The van der Waals surface area contributed by atoms with E-state index in [1.807, 2.05) is 80.6 Å². The summed E-state index contributed by atoms with van der Waals surface area (Å²) in [4.78, 5) is 22.4. The van der Waals surface area contributed by atoms with Crippen LogP contribution in [0.15, 0.2) is 33.3 Å². The van der Waals surface area contributed by atoms with Crippen LogP contribution in [0.5, 0.6) is 0 Å². The molecule has 1 fully saturated rings. The number of fused-ring (bicyclic) bond motifs is 3. The summed E-state index contributed by atoms with van der Waals surface area (Å²) in [6, 6.07) is 8.69. The van der Waals surface area contributed by atoms with Crippen molar-refractivity contribution in [2.45, 2.75) is 174 Å². The number of nitrogens with zero attached hydrogens (tertiary/aromatic N) is 17. The van der Waals surface area contributed by atoms with Crippen LogP contribution >= 0.6 is 23.2 Å². The lowest BCUT2D eigenvalue weighted by Crippen LogP contribution is -2.37. The maximum Gasteiger partial charge on any atom is 0.279 e. The van der Waals surface area contributed by atoms with Crippen molar-refractivity contribution in [3.63, 3.8) is 0 Å². The highest BCUT2D eigenvalue weighted by atomic mass is 35.5. The van der Waals surface area contributed by atoms with Gasteiger partial charge in [0.25, 0.3) is 11.8 Å². The molecule has 9 heterocycles. The van der Waals surface area contributed by atoms with Gasteiger partial charge in [0.2, 0.25) is 0 Å². The van der Waals surface area contributed by atoms with E-state index in [0.29, 0.717) is 74.3 Å². The molecule has 2 N–H and O–H groups in total. The van der Waals surface area contributed by atoms with Gasteiger partial charge in [0.05, 0.1) is 32.6 Å². The summed E-state index contributed by atoms with van der Waals surface area (Å²) in [5, 5.41) is 24.5. The SMILES string of the molecule is CC.CC.CC(C)N1CCCN(N)CC1.CC(C)N1CCCn2nc(-c3nc4c(F)cccc4n3C)c(Cl)c2C1.CCN(C)Cc1c(Cl)c(-c2nc(C)no2)nn1CC.Cc1noc(-c2cc3n(n2)CCCN(C(C)C)C3)n1. The van der Waals surface area contributed by atoms with E-state index in [1.54, 1.807) is 13.0 Å². The number of para-hydroxylation sites is 1. The van der Waals surface area contributed by atoms with E-state index in [9.17, 15) is 4.39 Å². The van der Waals surface area contributed by atoms with Gasteiger partial charge in [-0.3, -0.25) is 34.6 Å². The van der Waals surface area contributed by atoms with Gasteiger partial charge in [0.15, 0.2) is 34.7 Å². The molecule has 1 aromatic carbocycles. The molecule has 0 amide bonds. The summed E-state index contributed by atoms with van der Waals surface area (Å²) in [6.07, 6.45) is 3.35. The number of aromatic nitrogens is 12. The molecule has 432 valence electrons. The van der Waals surface area contributed by atoms with Crippen LogP contribution in [-0.2, 0) is 46.3 Å². The van der Waals surface area contributed by atoms with Crippen LogP contribution < -0.4 is 5.84 Å². The Morgan fingerprint density at radius 1 is 0.692 bits per heavy atom. The summed E-state index contributed by atoms with van der Waals surface area (Å²) < 4.78 is 32.2. The molecule has 23 heteroatoms. The lowest BCUT2D eigenvalue weighted by molar-refractivity contribution is 0.216. The number of hydrogen-bond donors (Lipinski definition) is 1. The molecule has 10 rings (SSSR count). The number of hydrazine groups is 1. The molecule has 78 heavy (non-hydrogen) atoms. The zero-order chi connectivity index (χ0) is 57.4. The summed E-state index contributed by atoms with van der Waals surface area (Å²) in [5.41, 5.74) is 6.25. The molecule has 7 aromatic rings. The smallest absolute Gasteiger partial charge is 0.279 e. The van der Waals surface area contributed by atoms with Gasteiger partial charge in [-0.25, -0.2) is 14.4 Å². The Kier molecular flexibility index (Phi) is 24.9. The highest BCUT2D eigenvalue weighted by Crippen LogP contribution is 2.34. The lowest BCUT2D eigenvalue weighted by atomic mass is 10.2. The highest BCUT2D eigenvalue weighted by molar-refractivity contribution is 6.34. The number of hydrogen-bond acceptors (Lipinski definition) is 16. The fourth-order valence-electron chi connectivity index (χ4n) is 9.17. The minimum absolute atomic E-state index is 0.331. The van der Waals surface area contributed by atoms with Crippen LogP contribution in [0, 0.1) is 19.7 Å². The normalized spacial score (nSPS) is 15.4. The first-order valence-electron chi connectivity index (χ1n) is 28.1. The Balaban J connectivity index is 0.000000193. The van der Waals surface area contributed by atoms with E-state index in [4.69, 9.17) is 43.2 Å². The van der Waals surface area contributed by atoms with Crippen LogP contribution in [0.1, 0.15) is 131 Å². The second-order valence-corrected chi connectivity index (χ2v) is 20.8. The predicted molar refractivity (Wildman–Crippen MR) is 310 cm³/mol. The van der Waals surface area contributed by atoms with Crippen LogP contribution in [0.3, 0.4) is 0 Å². The Labute approximate surface area is 472 Å². The molecule has 0 bridgehead atoms. The van der Waals surface area contributed by atoms with E-state index in [0.717, 1.165) is 114 Å². The molecule has 0 spiro atoms. The molecule has 6 aromatic heterocycles. The highest BCUT2D eigenvalue weighted by Gasteiger charge is 2.27. The number of halogens is 3. The van der Waals surface area contributed by atoms with Gasteiger partial charge in [0.1, 0.15) is 11.2 Å². The zero-order valence-electron chi connectivity index (χ0n) is 49.5. The first kappa shape index (κ1) is 63.7. The van der Waals surface area contributed by atoms with Crippen molar-refractivity contribution in [3.8, 4) is 34.7 Å². The number of rotatable bonds is 10. The van der Waals surface area contributed by atoms with Crippen molar-refractivity contribution in [1.82, 2.24) is 83.8 Å².